The molecule has 0 atom stereocenters. The summed E-state index contributed by atoms with van der Waals surface area (Å²) in [7, 11) is 0. The van der Waals surface area contributed by atoms with Crippen molar-refractivity contribution in [2.24, 2.45) is 5.92 Å². The normalized spacial score (nSPS) is 14.7. The Kier molecular flexibility index (Phi) is 6.53. The van der Waals surface area contributed by atoms with E-state index in [1.54, 1.807) is 17.0 Å². The smallest absolute Gasteiger partial charge is 0.387 e. The van der Waals surface area contributed by atoms with Gasteiger partial charge in [0.15, 0.2) is 5.78 Å². The minimum absolute atomic E-state index is 0.00791. The number of Topliss-reactive ketones (excluding diaryl/α,β-unsaturated/α-hetero) is 1. The summed E-state index contributed by atoms with van der Waals surface area (Å²) < 4.78 is 28.8. The Balaban J connectivity index is 1.54. The second-order valence-corrected chi connectivity index (χ2v) is 7.03. The van der Waals surface area contributed by atoms with Crippen molar-refractivity contribution in [1.82, 2.24) is 4.90 Å². The maximum absolute atomic E-state index is 12.5. The molecule has 1 saturated heterocycles. The lowest BCUT2D eigenvalue weighted by atomic mass is 9.89. The average Bonchev–Trinajstić information content (AvgIpc) is 2.70. The van der Waals surface area contributed by atoms with Crippen LogP contribution in [-0.2, 0) is 0 Å². The highest BCUT2D eigenvalue weighted by atomic mass is 35.5. The molecule has 3 rings (SSSR count). The van der Waals surface area contributed by atoms with Crippen molar-refractivity contribution in [3.8, 4) is 11.5 Å². The minimum Gasteiger partial charge on any atom is -0.508 e. The van der Waals surface area contributed by atoms with Gasteiger partial charge in [-0.1, -0.05) is 11.6 Å². The van der Waals surface area contributed by atoms with Crippen LogP contribution in [0, 0.1) is 5.92 Å². The van der Waals surface area contributed by atoms with Crippen molar-refractivity contribution in [3.63, 3.8) is 0 Å². The van der Waals surface area contributed by atoms with Gasteiger partial charge in [0.2, 0.25) is 0 Å². The first-order valence-electron chi connectivity index (χ1n) is 8.97. The van der Waals surface area contributed by atoms with Gasteiger partial charge >= 0.3 is 12.6 Å². The fourth-order valence-electron chi connectivity index (χ4n) is 3.18. The first-order valence-corrected chi connectivity index (χ1v) is 9.35. The maximum Gasteiger partial charge on any atom is 0.387 e. The maximum atomic E-state index is 12.5. The molecule has 0 unspecified atom stereocenters. The number of benzene rings is 2. The topological polar surface area (TPSA) is 78.9 Å². The van der Waals surface area contributed by atoms with Crippen molar-refractivity contribution in [2.45, 2.75) is 19.5 Å². The molecule has 6 nitrogen and oxygen atoms in total. The molecule has 0 saturated carbocycles. The molecule has 29 heavy (non-hydrogen) atoms. The number of carbonyl (C=O) groups excluding carboxylic acids is 2. The number of ketones is 1. The molecule has 0 spiro atoms. The highest BCUT2D eigenvalue weighted by Crippen LogP contribution is 2.29. The lowest BCUT2D eigenvalue weighted by Crippen LogP contribution is -2.42. The molecule has 1 fully saturated rings. The monoisotopic (exact) mass is 424 g/mol. The quantitative estimate of drug-likeness (QED) is 0.677. The van der Waals surface area contributed by atoms with Crippen LogP contribution >= 0.6 is 11.6 Å². The number of nitrogens with zero attached hydrogens (tertiary/aromatic N) is 1. The van der Waals surface area contributed by atoms with Crippen LogP contribution in [0.1, 0.15) is 23.2 Å². The molecule has 2 N–H and O–H groups in total. The largest absolute Gasteiger partial charge is 0.508 e. The van der Waals surface area contributed by atoms with Crippen LogP contribution in [0.3, 0.4) is 0 Å². The second kappa shape index (κ2) is 9.09. The van der Waals surface area contributed by atoms with E-state index in [0.29, 0.717) is 37.2 Å². The molecule has 2 amide bonds. The van der Waals surface area contributed by atoms with Crippen molar-refractivity contribution in [2.75, 3.05) is 18.4 Å². The number of phenolic OH excluding ortho intramolecular Hbond substituents is 1. The summed E-state index contributed by atoms with van der Waals surface area (Å²) in [5.74, 6) is -0.273. The van der Waals surface area contributed by atoms with Gasteiger partial charge in [0.25, 0.3) is 0 Å². The number of nitrogens with one attached hydrogen (secondary N) is 1. The first-order chi connectivity index (χ1) is 13.8. The minimum atomic E-state index is -2.99. The first kappa shape index (κ1) is 20.9. The van der Waals surface area contributed by atoms with Crippen molar-refractivity contribution < 1.29 is 28.2 Å². The zero-order valence-corrected chi connectivity index (χ0v) is 16.0. The molecule has 2 aromatic rings. The highest BCUT2D eigenvalue weighted by Gasteiger charge is 2.28. The fourth-order valence-corrected chi connectivity index (χ4v) is 3.40. The average molecular weight is 425 g/mol. The Morgan fingerprint density at radius 3 is 2.38 bits per heavy atom. The van der Waals surface area contributed by atoms with Crippen LogP contribution in [-0.4, -0.2) is 41.5 Å². The molecule has 2 aromatic carbocycles. The Hall–Kier alpha value is -2.87. The number of anilines is 1. The van der Waals surface area contributed by atoms with E-state index in [1.165, 1.54) is 30.3 Å². The Morgan fingerprint density at radius 1 is 1.14 bits per heavy atom. The number of phenols is 1. The number of hydrogen-bond acceptors (Lipinski definition) is 4. The van der Waals surface area contributed by atoms with E-state index in [4.69, 9.17) is 11.6 Å². The molecule has 0 bridgehead atoms. The van der Waals surface area contributed by atoms with E-state index in [2.05, 4.69) is 10.1 Å². The predicted octanol–water partition coefficient (Wildman–Crippen LogP) is 4.77. The lowest BCUT2D eigenvalue weighted by Gasteiger charge is -2.31. The number of hydrogen-bond donors (Lipinski definition) is 2. The molecule has 1 aliphatic rings. The summed E-state index contributed by atoms with van der Waals surface area (Å²) in [5, 5.41) is 11.9. The summed E-state index contributed by atoms with van der Waals surface area (Å²) in [6, 6.07) is 9.76. The van der Waals surface area contributed by atoms with Gasteiger partial charge in [-0.05, 0) is 55.3 Å². The van der Waals surface area contributed by atoms with Crippen LogP contribution in [0.15, 0.2) is 42.5 Å². The van der Waals surface area contributed by atoms with Gasteiger partial charge in [-0.25, -0.2) is 4.79 Å². The number of carbonyl (C=O) groups is 2. The van der Waals surface area contributed by atoms with E-state index in [1.807, 2.05) is 0 Å². The number of aromatic hydroxyl groups is 1. The summed E-state index contributed by atoms with van der Waals surface area (Å²) in [5.41, 5.74) is 0.885. The van der Waals surface area contributed by atoms with E-state index in [9.17, 15) is 23.5 Å². The number of piperidine rings is 1. The summed E-state index contributed by atoms with van der Waals surface area (Å²) >= 11 is 5.89. The third-order valence-electron chi connectivity index (χ3n) is 4.70. The van der Waals surface area contributed by atoms with Crippen LogP contribution in [0.2, 0.25) is 5.02 Å². The van der Waals surface area contributed by atoms with Gasteiger partial charge < -0.3 is 20.1 Å². The Morgan fingerprint density at radius 2 is 1.79 bits per heavy atom. The van der Waals surface area contributed by atoms with Crippen molar-refractivity contribution >= 4 is 29.1 Å². The van der Waals surface area contributed by atoms with Crippen LogP contribution < -0.4 is 10.1 Å². The summed E-state index contributed by atoms with van der Waals surface area (Å²) in [4.78, 5) is 26.6. The Bertz CT molecular complexity index is 885. The number of likely N-dealkylation sites (tertiary alicyclic amines) is 1. The van der Waals surface area contributed by atoms with Gasteiger partial charge in [0.1, 0.15) is 11.5 Å². The molecule has 9 heteroatoms. The molecule has 1 aliphatic heterocycles. The lowest BCUT2D eigenvalue weighted by molar-refractivity contribution is -0.0497. The van der Waals surface area contributed by atoms with Crippen molar-refractivity contribution in [1.29, 1.82) is 0 Å². The number of rotatable bonds is 5. The van der Waals surface area contributed by atoms with Crippen LogP contribution in [0.25, 0.3) is 0 Å². The number of alkyl halides is 2. The van der Waals surface area contributed by atoms with E-state index in [0.717, 1.165) is 0 Å². The zero-order chi connectivity index (χ0) is 21.0. The molecule has 154 valence electrons. The molecular formula is C20H19ClF2N2O4. The van der Waals surface area contributed by atoms with E-state index >= 15 is 0 Å². The van der Waals surface area contributed by atoms with E-state index < -0.39 is 6.61 Å². The molecule has 1 heterocycles. The summed E-state index contributed by atoms with van der Waals surface area (Å²) in [6.07, 6.45) is 1.05. The number of halogens is 3. The fraction of sp³-hybridized carbons (Fsp3) is 0.300. The number of amides is 2. The molecular weight excluding hydrogens is 406 g/mol. The molecule has 0 radical (unpaired) electrons. The molecule has 0 aromatic heterocycles. The molecule has 0 aliphatic carbocycles. The second-order valence-electron chi connectivity index (χ2n) is 6.63. The summed E-state index contributed by atoms with van der Waals surface area (Å²) in [6.45, 7) is -2.18. The Labute approximate surface area is 171 Å². The van der Waals surface area contributed by atoms with Crippen molar-refractivity contribution in [3.05, 3.63) is 53.1 Å². The third kappa shape index (κ3) is 5.35. The van der Waals surface area contributed by atoms with Crippen LogP contribution in [0.5, 0.6) is 11.5 Å². The predicted molar refractivity (Wildman–Crippen MR) is 104 cm³/mol. The van der Waals surface area contributed by atoms with E-state index in [-0.39, 0.29) is 34.3 Å². The SMILES string of the molecule is O=C(c1ccc(O)cc1)C1CCN(C(=O)Nc2ccc(OC(F)F)c(Cl)c2)CC1. The number of ether oxygens (including phenoxy) is 1. The number of urea groups is 1. The van der Waals surface area contributed by atoms with Gasteiger partial charge in [-0.15, -0.1) is 0 Å². The van der Waals surface area contributed by atoms with Gasteiger partial charge in [0.05, 0.1) is 5.02 Å². The standard InChI is InChI=1S/C20H19ClF2N2O4/c21-16-11-14(3-6-17(16)29-19(22)23)24-20(28)25-9-7-13(8-10-25)18(27)12-1-4-15(26)5-2-12/h1-6,11,13,19,26H,7-10H2,(H,24,28). The van der Waals surface area contributed by atoms with Gasteiger partial charge in [0, 0.05) is 30.3 Å². The van der Waals surface area contributed by atoms with Gasteiger partial charge in [-0.3, -0.25) is 4.79 Å². The third-order valence-corrected chi connectivity index (χ3v) is 5.00. The van der Waals surface area contributed by atoms with Crippen LogP contribution in [0.4, 0.5) is 19.3 Å². The highest BCUT2D eigenvalue weighted by molar-refractivity contribution is 6.32. The van der Waals surface area contributed by atoms with Gasteiger partial charge in [-0.2, -0.15) is 8.78 Å². The zero-order valence-electron chi connectivity index (χ0n) is 15.3.